The summed E-state index contributed by atoms with van der Waals surface area (Å²) in [6, 6.07) is 6.15. The number of hydrogen-bond acceptors (Lipinski definition) is 4. The van der Waals surface area contributed by atoms with Crippen molar-refractivity contribution < 1.29 is 9.47 Å². The van der Waals surface area contributed by atoms with Crippen LogP contribution in [0.1, 0.15) is 38.3 Å². The Balaban J connectivity index is 3.06. The third-order valence-corrected chi connectivity index (χ3v) is 3.50. The molecule has 1 aromatic rings. The largest absolute Gasteiger partial charge is 0.493 e. The van der Waals surface area contributed by atoms with Crippen molar-refractivity contribution in [2.24, 2.45) is 5.73 Å². The van der Waals surface area contributed by atoms with Crippen LogP contribution in [-0.2, 0) is 0 Å². The first-order valence-electron chi connectivity index (χ1n) is 7.39. The molecule has 4 nitrogen and oxygen atoms in total. The standard InChI is InChI=1S/C16H28N2O2/c1-5-7-11-18(3)14(12-17)13-9-8-10-15(19-4)16(13)20-6-2/h8-10,14H,5-7,11-12,17H2,1-4H3. The van der Waals surface area contributed by atoms with Gasteiger partial charge in [-0.2, -0.15) is 0 Å². The zero-order valence-corrected chi connectivity index (χ0v) is 13.2. The third-order valence-electron chi connectivity index (χ3n) is 3.50. The number of benzene rings is 1. The van der Waals surface area contributed by atoms with E-state index in [-0.39, 0.29) is 6.04 Å². The summed E-state index contributed by atoms with van der Waals surface area (Å²) in [5.74, 6) is 1.59. The minimum absolute atomic E-state index is 0.151. The zero-order valence-electron chi connectivity index (χ0n) is 13.2. The first kappa shape index (κ1) is 16.8. The second-order valence-corrected chi connectivity index (χ2v) is 4.90. The normalized spacial score (nSPS) is 12.5. The molecule has 0 saturated carbocycles. The summed E-state index contributed by atoms with van der Waals surface area (Å²) in [7, 11) is 3.78. The molecule has 20 heavy (non-hydrogen) atoms. The summed E-state index contributed by atoms with van der Waals surface area (Å²) in [5.41, 5.74) is 7.10. The van der Waals surface area contributed by atoms with Crippen molar-refractivity contribution >= 4 is 0 Å². The highest BCUT2D eigenvalue weighted by molar-refractivity contribution is 5.48. The summed E-state index contributed by atoms with van der Waals surface area (Å²) in [5, 5.41) is 0. The highest BCUT2D eigenvalue weighted by Gasteiger charge is 2.21. The van der Waals surface area contributed by atoms with Crippen molar-refractivity contribution in [3.8, 4) is 11.5 Å². The molecule has 0 bridgehead atoms. The molecular formula is C16H28N2O2. The lowest BCUT2D eigenvalue weighted by Crippen LogP contribution is -2.31. The van der Waals surface area contributed by atoms with Crippen molar-refractivity contribution in [2.45, 2.75) is 32.7 Å². The fraction of sp³-hybridized carbons (Fsp3) is 0.625. The van der Waals surface area contributed by atoms with Crippen LogP contribution in [0.15, 0.2) is 18.2 Å². The average Bonchev–Trinajstić information content (AvgIpc) is 2.47. The molecule has 1 unspecified atom stereocenters. The number of ether oxygens (including phenoxy) is 2. The molecule has 2 N–H and O–H groups in total. The number of methoxy groups -OCH3 is 1. The van der Waals surface area contributed by atoms with Gasteiger partial charge in [0, 0.05) is 12.1 Å². The second-order valence-electron chi connectivity index (χ2n) is 4.90. The van der Waals surface area contributed by atoms with Crippen molar-refractivity contribution in [1.29, 1.82) is 0 Å². The minimum atomic E-state index is 0.151. The number of likely N-dealkylation sites (N-methyl/N-ethyl adjacent to an activating group) is 1. The molecule has 0 saturated heterocycles. The fourth-order valence-electron chi connectivity index (χ4n) is 2.36. The highest BCUT2D eigenvalue weighted by Crippen LogP contribution is 2.36. The topological polar surface area (TPSA) is 47.7 Å². The molecule has 0 spiro atoms. The Labute approximate surface area is 122 Å². The zero-order chi connectivity index (χ0) is 15.0. The molecule has 0 amide bonds. The summed E-state index contributed by atoms with van der Waals surface area (Å²) >= 11 is 0. The maximum absolute atomic E-state index is 6.00. The first-order valence-corrected chi connectivity index (χ1v) is 7.39. The van der Waals surface area contributed by atoms with Gasteiger partial charge in [-0.1, -0.05) is 25.5 Å². The number of para-hydroxylation sites is 1. The monoisotopic (exact) mass is 280 g/mol. The van der Waals surface area contributed by atoms with Gasteiger partial charge in [0.25, 0.3) is 0 Å². The lowest BCUT2D eigenvalue weighted by molar-refractivity contribution is 0.234. The van der Waals surface area contributed by atoms with E-state index >= 15 is 0 Å². The van der Waals surface area contributed by atoms with Gasteiger partial charge in [0.05, 0.1) is 19.8 Å². The van der Waals surface area contributed by atoms with Crippen molar-refractivity contribution in [2.75, 3.05) is 33.9 Å². The second kappa shape index (κ2) is 8.82. The van der Waals surface area contributed by atoms with E-state index in [4.69, 9.17) is 15.2 Å². The molecule has 4 heteroatoms. The molecule has 0 radical (unpaired) electrons. The average molecular weight is 280 g/mol. The first-order chi connectivity index (χ1) is 9.69. The highest BCUT2D eigenvalue weighted by atomic mass is 16.5. The van der Waals surface area contributed by atoms with Crippen LogP contribution in [0.5, 0.6) is 11.5 Å². The molecule has 1 aromatic carbocycles. The smallest absolute Gasteiger partial charge is 0.165 e. The molecule has 0 heterocycles. The van der Waals surface area contributed by atoms with Crippen LogP contribution in [0.25, 0.3) is 0 Å². The predicted octanol–water partition coefficient (Wildman–Crippen LogP) is 2.83. The van der Waals surface area contributed by atoms with E-state index in [9.17, 15) is 0 Å². The Bertz CT molecular complexity index is 396. The molecule has 0 fully saturated rings. The number of hydrogen-bond donors (Lipinski definition) is 1. The van der Waals surface area contributed by atoms with Gasteiger partial charge in [-0.3, -0.25) is 4.90 Å². The summed E-state index contributed by atoms with van der Waals surface area (Å²) in [6.45, 7) is 6.38. The molecule has 0 aromatic heterocycles. The summed E-state index contributed by atoms with van der Waals surface area (Å²) in [6.07, 6.45) is 2.35. The quantitative estimate of drug-likeness (QED) is 0.755. The van der Waals surface area contributed by atoms with Crippen LogP contribution in [-0.4, -0.2) is 38.8 Å². The lowest BCUT2D eigenvalue weighted by atomic mass is 10.0. The molecule has 1 rings (SSSR count). The molecule has 0 aliphatic carbocycles. The predicted molar refractivity (Wildman–Crippen MR) is 83.5 cm³/mol. The lowest BCUT2D eigenvalue weighted by Gasteiger charge is -2.29. The van der Waals surface area contributed by atoms with Gasteiger partial charge in [-0.05, 0) is 33.0 Å². The maximum Gasteiger partial charge on any atom is 0.165 e. The number of nitrogens with zero attached hydrogens (tertiary/aromatic N) is 1. The van der Waals surface area contributed by atoms with E-state index in [1.54, 1.807) is 7.11 Å². The molecule has 0 aliphatic heterocycles. The van der Waals surface area contributed by atoms with E-state index < -0.39 is 0 Å². The molecule has 0 aliphatic rings. The Morgan fingerprint density at radius 2 is 2.05 bits per heavy atom. The van der Waals surface area contributed by atoms with Crippen molar-refractivity contribution in [3.05, 3.63) is 23.8 Å². The van der Waals surface area contributed by atoms with Gasteiger partial charge in [-0.15, -0.1) is 0 Å². The van der Waals surface area contributed by atoms with Crippen LogP contribution in [0.2, 0.25) is 0 Å². The molecule has 1 atom stereocenters. The summed E-state index contributed by atoms with van der Waals surface area (Å²) < 4.78 is 11.2. The van der Waals surface area contributed by atoms with Gasteiger partial charge >= 0.3 is 0 Å². The Hall–Kier alpha value is -1.26. The number of rotatable bonds is 9. The Morgan fingerprint density at radius 1 is 1.30 bits per heavy atom. The van der Waals surface area contributed by atoms with E-state index in [2.05, 4.69) is 24.9 Å². The van der Waals surface area contributed by atoms with E-state index in [0.717, 1.165) is 23.6 Å². The van der Waals surface area contributed by atoms with Crippen molar-refractivity contribution in [3.63, 3.8) is 0 Å². The van der Waals surface area contributed by atoms with Crippen LogP contribution >= 0.6 is 0 Å². The van der Waals surface area contributed by atoms with Crippen molar-refractivity contribution in [1.82, 2.24) is 4.90 Å². The van der Waals surface area contributed by atoms with Gasteiger partial charge < -0.3 is 15.2 Å². The van der Waals surface area contributed by atoms with Crippen LogP contribution in [0.4, 0.5) is 0 Å². The van der Waals surface area contributed by atoms with E-state index in [0.29, 0.717) is 13.2 Å². The van der Waals surface area contributed by atoms with Gasteiger partial charge in [0.1, 0.15) is 0 Å². The molecular weight excluding hydrogens is 252 g/mol. The van der Waals surface area contributed by atoms with Gasteiger partial charge in [0.2, 0.25) is 0 Å². The van der Waals surface area contributed by atoms with Crippen LogP contribution in [0, 0.1) is 0 Å². The van der Waals surface area contributed by atoms with Gasteiger partial charge in [0.15, 0.2) is 11.5 Å². The van der Waals surface area contributed by atoms with Gasteiger partial charge in [-0.25, -0.2) is 0 Å². The van der Waals surface area contributed by atoms with Crippen LogP contribution < -0.4 is 15.2 Å². The third kappa shape index (κ3) is 4.12. The van der Waals surface area contributed by atoms with E-state index in [1.807, 2.05) is 19.1 Å². The minimum Gasteiger partial charge on any atom is -0.493 e. The van der Waals surface area contributed by atoms with E-state index in [1.165, 1.54) is 12.8 Å². The molecule has 114 valence electrons. The fourth-order valence-corrected chi connectivity index (χ4v) is 2.36. The Kier molecular flexibility index (Phi) is 7.41. The maximum atomic E-state index is 6.00. The Morgan fingerprint density at radius 3 is 2.60 bits per heavy atom. The SMILES string of the molecule is CCCCN(C)C(CN)c1cccc(OC)c1OCC. The van der Waals surface area contributed by atoms with Crippen LogP contribution in [0.3, 0.4) is 0 Å². The number of nitrogens with two attached hydrogens (primary N) is 1. The summed E-state index contributed by atoms with van der Waals surface area (Å²) in [4.78, 5) is 2.29. The number of unbranched alkanes of at least 4 members (excludes halogenated alkanes) is 1.